The van der Waals surface area contributed by atoms with Crippen molar-refractivity contribution in [2.24, 2.45) is 0 Å². The average molecular weight is 248 g/mol. The third-order valence-electron chi connectivity index (χ3n) is 2.53. The van der Waals surface area contributed by atoms with Gasteiger partial charge >= 0.3 is 5.97 Å². The molecule has 0 radical (unpaired) electrons. The lowest BCUT2D eigenvalue weighted by Crippen LogP contribution is -2.11. The van der Waals surface area contributed by atoms with E-state index in [-0.39, 0.29) is 19.0 Å². The van der Waals surface area contributed by atoms with E-state index in [2.05, 4.69) is 6.58 Å². The Balaban J connectivity index is 2.30. The molecule has 0 saturated heterocycles. The molecule has 98 valence electrons. The molecule has 0 heterocycles. The van der Waals surface area contributed by atoms with Crippen LogP contribution in [0.25, 0.3) is 0 Å². The molecule has 0 fully saturated rings. The van der Waals surface area contributed by atoms with E-state index >= 15 is 0 Å². The lowest BCUT2D eigenvalue weighted by Gasteiger charge is -2.08. The molecule has 0 aliphatic heterocycles. The molecule has 0 saturated carbocycles. The first kappa shape index (κ1) is 14.3. The van der Waals surface area contributed by atoms with Crippen molar-refractivity contribution >= 4 is 5.97 Å². The number of ether oxygens (including phenoxy) is 2. The van der Waals surface area contributed by atoms with Gasteiger partial charge in [0, 0.05) is 0 Å². The molecule has 1 aromatic rings. The lowest BCUT2D eigenvalue weighted by atomic mass is 10.1. The molecule has 3 nitrogen and oxygen atoms in total. The van der Waals surface area contributed by atoms with Gasteiger partial charge in [-0.05, 0) is 49.6 Å². The first-order chi connectivity index (χ1) is 8.49. The number of carbonyl (C=O) groups excluding carboxylic acids is 1. The maximum absolute atomic E-state index is 11.3. The first-order valence-corrected chi connectivity index (χ1v) is 5.99. The molecular formula is C15H20O3. The Morgan fingerprint density at radius 1 is 1.28 bits per heavy atom. The van der Waals surface area contributed by atoms with Gasteiger partial charge < -0.3 is 9.47 Å². The van der Waals surface area contributed by atoms with Crippen molar-refractivity contribution in [3.05, 3.63) is 41.5 Å². The number of esters is 1. The molecule has 0 N–H and O–H groups in total. The highest BCUT2D eigenvalue weighted by Crippen LogP contribution is 2.16. The standard InChI is InChI=1S/C15H20O3/c1-11(2)10-18-15(16)7-8-17-14-6-5-12(3)13(4)9-14/h5-6,9H,1,7-8,10H2,2-4H3. The van der Waals surface area contributed by atoms with E-state index in [4.69, 9.17) is 9.47 Å². The second-order valence-electron chi connectivity index (χ2n) is 4.46. The van der Waals surface area contributed by atoms with Crippen LogP contribution in [0.15, 0.2) is 30.4 Å². The molecule has 0 aliphatic carbocycles. The minimum atomic E-state index is -0.262. The molecule has 0 atom stereocenters. The SMILES string of the molecule is C=C(C)COC(=O)CCOc1ccc(C)c(C)c1. The van der Waals surface area contributed by atoms with E-state index in [1.165, 1.54) is 11.1 Å². The predicted molar refractivity (Wildman–Crippen MR) is 71.8 cm³/mol. The zero-order valence-corrected chi connectivity index (χ0v) is 11.3. The molecule has 3 heteroatoms. The molecule has 0 aromatic heterocycles. The summed E-state index contributed by atoms with van der Waals surface area (Å²) in [5.41, 5.74) is 3.24. The number of hydrogen-bond donors (Lipinski definition) is 0. The van der Waals surface area contributed by atoms with Crippen molar-refractivity contribution in [2.75, 3.05) is 13.2 Å². The fraction of sp³-hybridized carbons (Fsp3) is 0.400. The molecular weight excluding hydrogens is 228 g/mol. The van der Waals surface area contributed by atoms with E-state index in [0.717, 1.165) is 11.3 Å². The van der Waals surface area contributed by atoms with Gasteiger partial charge in [-0.2, -0.15) is 0 Å². The van der Waals surface area contributed by atoms with Crippen molar-refractivity contribution in [1.29, 1.82) is 0 Å². The zero-order chi connectivity index (χ0) is 13.5. The number of aryl methyl sites for hydroxylation is 2. The molecule has 0 amide bonds. The van der Waals surface area contributed by atoms with Gasteiger partial charge in [0.2, 0.25) is 0 Å². The van der Waals surface area contributed by atoms with Crippen molar-refractivity contribution in [1.82, 2.24) is 0 Å². The normalized spacial score (nSPS) is 9.94. The number of benzene rings is 1. The van der Waals surface area contributed by atoms with Gasteiger partial charge in [0.25, 0.3) is 0 Å². The zero-order valence-electron chi connectivity index (χ0n) is 11.3. The maximum atomic E-state index is 11.3. The van der Waals surface area contributed by atoms with E-state index in [1.807, 2.05) is 39.0 Å². The Morgan fingerprint density at radius 2 is 2.00 bits per heavy atom. The van der Waals surface area contributed by atoms with E-state index < -0.39 is 0 Å². The van der Waals surface area contributed by atoms with Crippen LogP contribution in [0, 0.1) is 13.8 Å². The highest BCUT2D eigenvalue weighted by Gasteiger charge is 2.04. The van der Waals surface area contributed by atoms with E-state index in [1.54, 1.807) is 0 Å². The Bertz CT molecular complexity index is 435. The van der Waals surface area contributed by atoms with Crippen LogP contribution >= 0.6 is 0 Å². The third kappa shape index (κ3) is 5.04. The summed E-state index contributed by atoms with van der Waals surface area (Å²) in [6.45, 7) is 10.2. The number of carbonyl (C=O) groups is 1. The molecule has 1 aromatic carbocycles. The van der Waals surface area contributed by atoms with Crippen LogP contribution in [-0.2, 0) is 9.53 Å². The van der Waals surface area contributed by atoms with Gasteiger partial charge in [0.05, 0.1) is 13.0 Å². The fourth-order valence-corrected chi connectivity index (χ4v) is 1.33. The van der Waals surface area contributed by atoms with Crippen molar-refractivity contribution in [3.8, 4) is 5.75 Å². The Morgan fingerprint density at radius 3 is 2.61 bits per heavy atom. The van der Waals surface area contributed by atoms with E-state index in [9.17, 15) is 4.79 Å². The van der Waals surface area contributed by atoms with Crippen LogP contribution in [-0.4, -0.2) is 19.2 Å². The van der Waals surface area contributed by atoms with Crippen molar-refractivity contribution < 1.29 is 14.3 Å². The minimum absolute atomic E-state index is 0.250. The molecule has 0 aliphatic rings. The minimum Gasteiger partial charge on any atom is -0.493 e. The molecule has 1 rings (SSSR count). The molecule has 0 bridgehead atoms. The second kappa shape index (κ2) is 6.84. The summed E-state index contributed by atoms with van der Waals surface area (Å²) < 4.78 is 10.5. The summed E-state index contributed by atoms with van der Waals surface area (Å²) in [5.74, 6) is 0.521. The molecule has 0 spiro atoms. The van der Waals surface area contributed by atoms with Crippen LogP contribution < -0.4 is 4.74 Å². The second-order valence-corrected chi connectivity index (χ2v) is 4.46. The van der Waals surface area contributed by atoms with Gasteiger partial charge in [-0.3, -0.25) is 4.79 Å². The largest absolute Gasteiger partial charge is 0.493 e. The highest BCUT2D eigenvalue weighted by atomic mass is 16.5. The van der Waals surface area contributed by atoms with Gasteiger partial charge in [-0.25, -0.2) is 0 Å². The Kier molecular flexibility index (Phi) is 5.43. The monoisotopic (exact) mass is 248 g/mol. The topological polar surface area (TPSA) is 35.5 Å². The summed E-state index contributed by atoms with van der Waals surface area (Å²) in [5, 5.41) is 0. The fourth-order valence-electron chi connectivity index (χ4n) is 1.33. The van der Waals surface area contributed by atoms with Gasteiger partial charge in [0.1, 0.15) is 12.4 Å². The summed E-state index contributed by atoms with van der Waals surface area (Å²) in [6, 6.07) is 5.88. The maximum Gasteiger partial charge on any atom is 0.309 e. The van der Waals surface area contributed by atoms with Crippen molar-refractivity contribution in [3.63, 3.8) is 0 Å². The lowest BCUT2D eigenvalue weighted by molar-refractivity contribution is -0.143. The van der Waals surface area contributed by atoms with Crippen molar-refractivity contribution in [2.45, 2.75) is 27.2 Å². The van der Waals surface area contributed by atoms with Crippen LogP contribution in [0.5, 0.6) is 5.75 Å². The average Bonchev–Trinajstić information content (AvgIpc) is 2.31. The first-order valence-electron chi connectivity index (χ1n) is 5.99. The number of hydrogen-bond acceptors (Lipinski definition) is 3. The van der Waals surface area contributed by atoms with Gasteiger partial charge in [0.15, 0.2) is 0 Å². The number of rotatable bonds is 6. The van der Waals surface area contributed by atoms with Crippen LogP contribution in [0.2, 0.25) is 0 Å². The quantitative estimate of drug-likeness (QED) is 0.573. The highest BCUT2D eigenvalue weighted by molar-refractivity contribution is 5.69. The summed E-state index contributed by atoms with van der Waals surface area (Å²) in [6.07, 6.45) is 0.250. The van der Waals surface area contributed by atoms with Gasteiger partial charge in [-0.15, -0.1) is 0 Å². The molecule has 0 unspecified atom stereocenters. The van der Waals surface area contributed by atoms with Gasteiger partial charge in [-0.1, -0.05) is 12.6 Å². The van der Waals surface area contributed by atoms with E-state index in [0.29, 0.717) is 6.61 Å². The Labute approximate surface area is 108 Å². The summed E-state index contributed by atoms with van der Waals surface area (Å²) in [4.78, 5) is 11.3. The van der Waals surface area contributed by atoms with Crippen LogP contribution in [0.4, 0.5) is 0 Å². The van der Waals surface area contributed by atoms with Crippen LogP contribution in [0.3, 0.4) is 0 Å². The Hall–Kier alpha value is -1.77. The molecule has 18 heavy (non-hydrogen) atoms. The van der Waals surface area contributed by atoms with Crippen LogP contribution in [0.1, 0.15) is 24.5 Å². The predicted octanol–water partition coefficient (Wildman–Crippen LogP) is 3.19. The summed E-state index contributed by atoms with van der Waals surface area (Å²) in [7, 11) is 0. The third-order valence-corrected chi connectivity index (χ3v) is 2.53. The summed E-state index contributed by atoms with van der Waals surface area (Å²) >= 11 is 0. The smallest absolute Gasteiger partial charge is 0.309 e.